The van der Waals surface area contributed by atoms with E-state index in [0.29, 0.717) is 17.9 Å². The molecule has 0 aliphatic rings. The highest BCUT2D eigenvalue weighted by Crippen LogP contribution is 2.29. The Balaban J connectivity index is 2.07. The topological polar surface area (TPSA) is 139 Å². The van der Waals surface area contributed by atoms with Crippen molar-refractivity contribution in [2.45, 2.75) is 51.1 Å². The average Bonchev–Trinajstić information content (AvgIpc) is 2.98. The molecule has 13 heteroatoms. The van der Waals surface area contributed by atoms with Crippen LogP contribution in [-0.4, -0.2) is 56.3 Å². The fraction of sp³-hybridized carbons (Fsp3) is 0.333. The molecule has 0 spiro atoms. The zero-order valence-electron chi connectivity index (χ0n) is 24.4. The lowest BCUT2D eigenvalue weighted by atomic mass is 10.1. The van der Waals surface area contributed by atoms with E-state index in [0.717, 1.165) is 33.2 Å². The maximum atomic E-state index is 14.0. The number of sulfonamides is 1. The van der Waals surface area contributed by atoms with Gasteiger partial charge < -0.3 is 15.0 Å². The molecular weight excluding hydrogens is 640 g/mol. The first kappa shape index (κ1) is 33.5. The van der Waals surface area contributed by atoms with Crippen molar-refractivity contribution in [1.29, 1.82) is 0 Å². The van der Waals surface area contributed by atoms with Gasteiger partial charge in [0, 0.05) is 29.2 Å². The SMILES string of the molecule is CCCCNC(=O)C(C)N(Cc1cccc(Br)c1)C(=O)CN(c1ccc(OC)cc1)S(=O)(=O)c1ccc(C)c([N+](=O)[O-])c1. The Bertz CT molecular complexity index is 1560. The number of hydrogen-bond acceptors (Lipinski definition) is 7. The fourth-order valence-electron chi connectivity index (χ4n) is 4.30. The van der Waals surface area contributed by atoms with Gasteiger partial charge in [-0.05, 0) is 68.3 Å². The summed E-state index contributed by atoms with van der Waals surface area (Å²) in [6.07, 6.45) is 1.64. The summed E-state index contributed by atoms with van der Waals surface area (Å²) in [6, 6.07) is 16.0. The molecule has 2 amide bonds. The highest BCUT2D eigenvalue weighted by atomic mass is 79.9. The number of hydrogen-bond donors (Lipinski definition) is 1. The normalized spacial score (nSPS) is 11.8. The molecule has 11 nitrogen and oxygen atoms in total. The third-order valence-corrected chi connectivity index (χ3v) is 9.11. The van der Waals surface area contributed by atoms with E-state index in [1.165, 1.54) is 43.2 Å². The molecule has 1 unspecified atom stereocenters. The molecule has 230 valence electrons. The molecule has 0 aliphatic carbocycles. The number of rotatable bonds is 14. The Hall–Kier alpha value is -3.97. The molecular formula is C30H35BrN4O7S. The summed E-state index contributed by atoms with van der Waals surface area (Å²) in [5.41, 5.74) is 0.790. The average molecular weight is 676 g/mol. The molecule has 0 saturated heterocycles. The van der Waals surface area contributed by atoms with Crippen molar-refractivity contribution in [2.75, 3.05) is 24.5 Å². The minimum absolute atomic E-state index is 0.0349. The first-order valence-electron chi connectivity index (χ1n) is 13.6. The minimum Gasteiger partial charge on any atom is -0.497 e. The van der Waals surface area contributed by atoms with Gasteiger partial charge >= 0.3 is 0 Å². The molecule has 3 aromatic carbocycles. The van der Waals surface area contributed by atoms with Crippen molar-refractivity contribution in [2.24, 2.45) is 0 Å². The monoisotopic (exact) mass is 674 g/mol. The van der Waals surface area contributed by atoms with Gasteiger partial charge in [-0.2, -0.15) is 0 Å². The molecule has 0 heterocycles. The third kappa shape index (κ3) is 8.54. The van der Waals surface area contributed by atoms with Crippen LogP contribution < -0.4 is 14.4 Å². The van der Waals surface area contributed by atoms with E-state index >= 15 is 0 Å². The third-order valence-electron chi connectivity index (χ3n) is 6.84. The van der Waals surface area contributed by atoms with E-state index in [-0.39, 0.29) is 28.7 Å². The molecule has 0 aliphatic heterocycles. The molecule has 1 N–H and O–H groups in total. The number of aryl methyl sites for hydroxylation is 1. The number of unbranched alkanes of at least 4 members (excludes halogenated alkanes) is 1. The van der Waals surface area contributed by atoms with Gasteiger partial charge in [-0.3, -0.25) is 24.0 Å². The number of benzene rings is 3. The Morgan fingerprint density at radius 3 is 2.40 bits per heavy atom. The van der Waals surface area contributed by atoms with E-state index in [1.807, 2.05) is 19.1 Å². The predicted molar refractivity (Wildman–Crippen MR) is 167 cm³/mol. The lowest BCUT2D eigenvalue weighted by Gasteiger charge is -2.32. The number of halogens is 1. The first-order chi connectivity index (χ1) is 20.4. The van der Waals surface area contributed by atoms with Gasteiger partial charge in [0.25, 0.3) is 15.7 Å². The van der Waals surface area contributed by atoms with Crippen LogP contribution in [0, 0.1) is 17.0 Å². The van der Waals surface area contributed by atoms with Crippen molar-refractivity contribution in [3.05, 3.63) is 92.4 Å². The number of methoxy groups -OCH3 is 1. The van der Waals surface area contributed by atoms with Crippen LogP contribution in [0.5, 0.6) is 5.75 Å². The van der Waals surface area contributed by atoms with E-state index < -0.39 is 33.4 Å². The lowest BCUT2D eigenvalue weighted by Crippen LogP contribution is -2.51. The highest BCUT2D eigenvalue weighted by Gasteiger charge is 2.33. The van der Waals surface area contributed by atoms with Crippen molar-refractivity contribution in [3.63, 3.8) is 0 Å². The number of anilines is 1. The van der Waals surface area contributed by atoms with Gasteiger partial charge in [0.1, 0.15) is 18.3 Å². The summed E-state index contributed by atoms with van der Waals surface area (Å²) in [6.45, 7) is 4.90. The maximum absolute atomic E-state index is 14.0. The quantitative estimate of drug-likeness (QED) is 0.141. The molecule has 1 atom stereocenters. The fourth-order valence-corrected chi connectivity index (χ4v) is 6.18. The van der Waals surface area contributed by atoms with Crippen LogP contribution in [0.15, 0.2) is 76.1 Å². The molecule has 3 aromatic rings. The van der Waals surface area contributed by atoms with Crippen molar-refractivity contribution >= 4 is 49.1 Å². The van der Waals surface area contributed by atoms with Gasteiger partial charge in [-0.25, -0.2) is 8.42 Å². The predicted octanol–water partition coefficient (Wildman–Crippen LogP) is 5.20. The minimum atomic E-state index is -4.49. The van der Waals surface area contributed by atoms with Gasteiger partial charge in [0.05, 0.1) is 22.6 Å². The van der Waals surface area contributed by atoms with Gasteiger partial charge in [0.15, 0.2) is 0 Å². The molecule has 0 aromatic heterocycles. The summed E-state index contributed by atoms with van der Waals surface area (Å²) < 4.78 is 34.9. The number of carbonyl (C=O) groups is 2. The van der Waals surface area contributed by atoms with Crippen LogP contribution >= 0.6 is 15.9 Å². The van der Waals surface area contributed by atoms with Crippen LogP contribution in [0.3, 0.4) is 0 Å². The molecule has 3 rings (SSSR count). The summed E-state index contributed by atoms with van der Waals surface area (Å²) in [4.78, 5) is 39.0. The number of amides is 2. The molecule has 0 bridgehead atoms. The molecule has 43 heavy (non-hydrogen) atoms. The van der Waals surface area contributed by atoms with E-state index in [1.54, 1.807) is 31.2 Å². The van der Waals surface area contributed by atoms with Crippen LogP contribution in [-0.2, 0) is 26.2 Å². The first-order valence-corrected chi connectivity index (χ1v) is 15.9. The Kier molecular flexibility index (Phi) is 11.7. The summed E-state index contributed by atoms with van der Waals surface area (Å²) in [5.74, 6) is -0.545. The van der Waals surface area contributed by atoms with Crippen LogP contribution in [0.4, 0.5) is 11.4 Å². The second-order valence-electron chi connectivity index (χ2n) is 9.89. The smallest absolute Gasteiger partial charge is 0.273 e. The second kappa shape index (κ2) is 15.0. The molecule has 0 fully saturated rings. The zero-order chi connectivity index (χ0) is 31.7. The number of ether oxygens (including phenoxy) is 1. The number of nitrogens with zero attached hydrogens (tertiary/aromatic N) is 3. The summed E-state index contributed by atoms with van der Waals surface area (Å²) in [5, 5.41) is 14.4. The van der Waals surface area contributed by atoms with Crippen molar-refractivity contribution in [1.82, 2.24) is 10.2 Å². The van der Waals surface area contributed by atoms with Crippen molar-refractivity contribution in [3.8, 4) is 5.75 Å². The Morgan fingerprint density at radius 2 is 1.79 bits per heavy atom. The van der Waals surface area contributed by atoms with Crippen LogP contribution in [0.2, 0.25) is 0 Å². The number of nitrogens with one attached hydrogen (secondary N) is 1. The standard InChI is InChI=1S/C30H35BrN4O7S/c1-5-6-16-32-30(37)22(3)33(19-23-8-7-9-24(31)17-23)29(36)20-34(25-11-13-26(42-4)14-12-25)43(40,41)27-15-10-21(2)28(18-27)35(38)39/h7-15,17-18,22H,5-6,16,19-20H2,1-4H3,(H,32,37). The largest absolute Gasteiger partial charge is 0.497 e. The van der Waals surface area contributed by atoms with E-state index in [2.05, 4.69) is 21.2 Å². The summed E-state index contributed by atoms with van der Waals surface area (Å²) >= 11 is 3.42. The summed E-state index contributed by atoms with van der Waals surface area (Å²) in [7, 11) is -3.02. The molecule has 0 radical (unpaired) electrons. The number of carbonyl (C=O) groups excluding carboxylic acids is 2. The van der Waals surface area contributed by atoms with Crippen molar-refractivity contribution < 1.29 is 27.7 Å². The van der Waals surface area contributed by atoms with Gasteiger partial charge in [-0.1, -0.05) is 47.5 Å². The van der Waals surface area contributed by atoms with Crippen LogP contribution in [0.1, 0.15) is 37.8 Å². The number of nitro benzene ring substituents is 1. The zero-order valence-corrected chi connectivity index (χ0v) is 26.9. The Morgan fingerprint density at radius 1 is 1.09 bits per heavy atom. The molecule has 0 saturated carbocycles. The van der Waals surface area contributed by atoms with Crippen LogP contribution in [0.25, 0.3) is 0 Å². The highest BCUT2D eigenvalue weighted by molar-refractivity contribution is 9.10. The lowest BCUT2D eigenvalue weighted by molar-refractivity contribution is -0.385. The Labute approximate surface area is 260 Å². The van der Waals surface area contributed by atoms with E-state index in [4.69, 9.17) is 4.74 Å². The van der Waals surface area contributed by atoms with Gasteiger partial charge in [-0.15, -0.1) is 0 Å². The van der Waals surface area contributed by atoms with Gasteiger partial charge in [0.2, 0.25) is 11.8 Å². The second-order valence-corrected chi connectivity index (χ2v) is 12.7. The van der Waals surface area contributed by atoms with E-state index in [9.17, 15) is 28.1 Å². The number of nitro groups is 1. The maximum Gasteiger partial charge on any atom is 0.273 e.